The lowest BCUT2D eigenvalue weighted by molar-refractivity contribution is -0.132. The molecular formula is C20H24ClN3O. The number of nitrogens with zero attached hydrogens (tertiary/aromatic N) is 3. The monoisotopic (exact) mass is 357 g/mol. The third-order valence-corrected chi connectivity index (χ3v) is 5.90. The van der Waals surface area contributed by atoms with Crippen LogP contribution in [0.4, 0.5) is 0 Å². The van der Waals surface area contributed by atoms with Gasteiger partial charge in [0.1, 0.15) is 6.54 Å². The quantitative estimate of drug-likeness (QED) is 0.837. The summed E-state index contributed by atoms with van der Waals surface area (Å²) >= 11 is 6.31. The molecule has 1 saturated heterocycles. The van der Waals surface area contributed by atoms with Crippen LogP contribution < -0.4 is 0 Å². The van der Waals surface area contributed by atoms with Crippen LogP contribution in [-0.2, 0) is 30.6 Å². The first kappa shape index (κ1) is 16.6. The molecule has 1 aromatic carbocycles. The minimum absolute atomic E-state index is 0.209. The van der Waals surface area contributed by atoms with Crippen molar-refractivity contribution in [2.75, 3.05) is 6.54 Å². The maximum Gasteiger partial charge on any atom is 0.242 e. The minimum atomic E-state index is 0.209. The number of rotatable bonds is 4. The van der Waals surface area contributed by atoms with E-state index in [2.05, 4.69) is 20.5 Å². The maximum atomic E-state index is 12.9. The molecule has 1 aromatic heterocycles. The van der Waals surface area contributed by atoms with E-state index in [1.165, 1.54) is 24.2 Å². The molecule has 5 heteroatoms. The number of hydrogen-bond donors (Lipinski definition) is 0. The highest BCUT2D eigenvalue weighted by Crippen LogP contribution is 2.26. The number of amides is 1. The van der Waals surface area contributed by atoms with Crippen molar-refractivity contribution in [2.45, 2.75) is 57.5 Å². The van der Waals surface area contributed by atoms with E-state index in [1.807, 2.05) is 24.5 Å². The van der Waals surface area contributed by atoms with Crippen LogP contribution in [0.25, 0.3) is 0 Å². The van der Waals surface area contributed by atoms with E-state index in [9.17, 15) is 4.79 Å². The number of hydrogen-bond acceptors (Lipinski definition) is 2. The van der Waals surface area contributed by atoms with Gasteiger partial charge in [-0.2, -0.15) is 0 Å². The van der Waals surface area contributed by atoms with Gasteiger partial charge in [0.25, 0.3) is 0 Å². The van der Waals surface area contributed by atoms with Gasteiger partial charge in [-0.25, -0.2) is 4.98 Å². The number of aromatic nitrogens is 2. The van der Waals surface area contributed by atoms with Gasteiger partial charge in [0.15, 0.2) is 0 Å². The summed E-state index contributed by atoms with van der Waals surface area (Å²) in [5.74, 6) is 0.209. The second-order valence-corrected chi connectivity index (χ2v) is 7.56. The van der Waals surface area contributed by atoms with Crippen molar-refractivity contribution in [3.05, 3.63) is 52.6 Å². The normalized spacial score (nSPS) is 19.9. The molecule has 4 rings (SSSR count). The predicted octanol–water partition coefficient (Wildman–Crippen LogP) is 3.65. The summed E-state index contributed by atoms with van der Waals surface area (Å²) < 4.78 is 2.07. The first-order valence-electron chi connectivity index (χ1n) is 9.28. The van der Waals surface area contributed by atoms with Crippen molar-refractivity contribution >= 4 is 17.5 Å². The molecule has 0 N–H and O–H groups in total. The van der Waals surface area contributed by atoms with Gasteiger partial charge in [0, 0.05) is 23.3 Å². The average Bonchev–Trinajstić information content (AvgIpc) is 3.24. The molecule has 0 saturated carbocycles. The second-order valence-electron chi connectivity index (χ2n) is 7.15. The molecule has 1 atom stereocenters. The summed E-state index contributed by atoms with van der Waals surface area (Å²) in [6.45, 7) is 1.27. The molecule has 132 valence electrons. The summed E-state index contributed by atoms with van der Waals surface area (Å²) in [6, 6.07) is 8.21. The van der Waals surface area contributed by atoms with E-state index in [-0.39, 0.29) is 11.9 Å². The molecular weight excluding hydrogens is 334 g/mol. The number of benzene rings is 1. The van der Waals surface area contributed by atoms with Crippen molar-refractivity contribution in [1.29, 1.82) is 0 Å². The van der Waals surface area contributed by atoms with E-state index in [0.717, 1.165) is 49.2 Å². The first-order chi connectivity index (χ1) is 12.2. The van der Waals surface area contributed by atoms with Crippen LogP contribution >= 0.6 is 11.6 Å². The number of aryl methyl sites for hydroxylation is 1. The Morgan fingerprint density at radius 1 is 1.20 bits per heavy atom. The van der Waals surface area contributed by atoms with Gasteiger partial charge < -0.3 is 9.47 Å². The molecule has 0 spiro atoms. The van der Waals surface area contributed by atoms with Gasteiger partial charge in [-0.15, -0.1) is 0 Å². The Morgan fingerprint density at radius 2 is 2.04 bits per heavy atom. The molecule has 2 heterocycles. The largest absolute Gasteiger partial charge is 0.338 e. The molecule has 1 fully saturated rings. The molecule has 1 unspecified atom stereocenters. The van der Waals surface area contributed by atoms with E-state index < -0.39 is 0 Å². The molecule has 4 nitrogen and oxygen atoms in total. The van der Waals surface area contributed by atoms with Gasteiger partial charge in [0.05, 0.1) is 12.0 Å². The third kappa shape index (κ3) is 3.45. The average molecular weight is 358 g/mol. The highest BCUT2D eigenvalue weighted by atomic mass is 35.5. The Kier molecular flexibility index (Phi) is 4.80. The van der Waals surface area contributed by atoms with Crippen molar-refractivity contribution in [2.24, 2.45) is 0 Å². The van der Waals surface area contributed by atoms with E-state index in [4.69, 9.17) is 11.6 Å². The van der Waals surface area contributed by atoms with Crippen LogP contribution in [0.1, 0.15) is 42.6 Å². The SMILES string of the molecule is O=C(Cn1cnc2c1CCCC2)N1CCCC1Cc1ccccc1Cl. The molecule has 1 aliphatic heterocycles. The second kappa shape index (κ2) is 7.20. The molecule has 25 heavy (non-hydrogen) atoms. The smallest absolute Gasteiger partial charge is 0.242 e. The Morgan fingerprint density at radius 3 is 2.92 bits per heavy atom. The molecule has 1 amide bonds. The van der Waals surface area contributed by atoms with Crippen LogP contribution in [0.2, 0.25) is 5.02 Å². The van der Waals surface area contributed by atoms with E-state index in [1.54, 1.807) is 0 Å². The minimum Gasteiger partial charge on any atom is -0.338 e. The maximum absolute atomic E-state index is 12.9. The fourth-order valence-electron chi connectivity index (χ4n) is 4.20. The van der Waals surface area contributed by atoms with Gasteiger partial charge >= 0.3 is 0 Å². The predicted molar refractivity (Wildman–Crippen MR) is 98.8 cm³/mol. The zero-order valence-electron chi connectivity index (χ0n) is 14.5. The highest BCUT2D eigenvalue weighted by molar-refractivity contribution is 6.31. The number of carbonyl (C=O) groups excluding carboxylic acids is 1. The number of imidazole rings is 1. The zero-order valence-corrected chi connectivity index (χ0v) is 15.2. The molecule has 2 aromatic rings. The van der Waals surface area contributed by atoms with Gasteiger partial charge in [0.2, 0.25) is 5.91 Å². The Labute approximate surface area is 153 Å². The van der Waals surface area contributed by atoms with Crippen LogP contribution in [0.5, 0.6) is 0 Å². The topological polar surface area (TPSA) is 38.1 Å². The van der Waals surface area contributed by atoms with Gasteiger partial charge in [-0.3, -0.25) is 4.79 Å². The van der Waals surface area contributed by atoms with E-state index in [0.29, 0.717) is 6.54 Å². The Hall–Kier alpha value is -1.81. The lowest BCUT2D eigenvalue weighted by Crippen LogP contribution is -2.39. The fraction of sp³-hybridized carbons (Fsp3) is 0.500. The lowest BCUT2D eigenvalue weighted by atomic mass is 10.0. The third-order valence-electron chi connectivity index (χ3n) is 5.53. The summed E-state index contributed by atoms with van der Waals surface area (Å²) in [4.78, 5) is 19.5. The van der Waals surface area contributed by atoms with Crippen molar-refractivity contribution in [3.8, 4) is 0 Å². The van der Waals surface area contributed by atoms with Crippen molar-refractivity contribution in [1.82, 2.24) is 14.5 Å². The molecule has 1 aliphatic carbocycles. The summed E-state index contributed by atoms with van der Waals surface area (Å²) in [5, 5.41) is 0.797. The number of likely N-dealkylation sites (tertiary alicyclic amines) is 1. The fourth-order valence-corrected chi connectivity index (χ4v) is 4.41. The number of fused-ring (bicyclic) bond motifs is 1. The van der Waals surface area contributed by atoms with Crippen LogP contribution in [0.3, 0.4) is 0 Å². The van der Waals surface area contributed by atoms with Crippen molar-refractivity contribution in [3.63, 3.8) is 0 Å². The van der Waals surface area contributed by atoms with Gasteiger partial charge in [-0.05, 0) is 56.6 Å². The number of halogens is 1. The van der Waals surface area contributed by atoms with E-state index >= 15 is 0 Å². The van der Waals surface area contributed by atoms with Crippen molar-refractivity contribution < 1.29 is 4.79 Å². The zero-order chi connectivity index (χ0) is 17.2. The van der Waals surface area contributed by atoms with Crippen LogP contribution in [0.15, 0.2) is 30.6 Å². The lowest BCUT2D eigenvalue weighted by Gasteiger charge is -2.26. The first-order valence-corrected chi connectivity index (χ1v) is 9.66. The summed E-state index contributed by atoms with van der Waals surface area (Å²) in [6.07, 6.45) is 9.33. The van der Waals surface area contributed by atoms with Crippen LogP contribution in [-0.4, -0.2) is 32.9 Å². The molecule has 0 bridgehead atoms. The molecule has 0 radical (unpaired) electrons. The van der Waals surface area contributed by atoms with Gasteiger partial charge in [-0.1, -0.05) is 29.8 Å². The summed E-state index contributed by atoms with van der Waals surface area (Å²) in [5.41, 5.74) is 3.59. The Bertz CT molecular complexity index is 770. The van der Waals surface area contributed by atoms with Crippen LogP contribution in [0, 0.1) is 0 Å². The molecule has 2 aliphatic rings. The summed E-state index contributed by atoms with van der Waals surface area (Å²) in [7, 11) is 0. The standard InChI is InChI=1S/C20H24ClN3O/c21-17-8-2-1-6-15(17)12-16-7-5-11-24(16)20(25)13-23-14-22-18-9-3-4-10-19(18)23/h1-2,6,8,14,16H,3-5,7,9-13H2. The number of carbonyl (C=O) groups is 1. The Balaban J connectivity index is 1.46. The highest BCUT2D eigenvalue weighted by Gasteiger charge is 2.30.